The molecule has 1 aromatic rings. The lowest BCUT2D eigenvalue weighted by atomic mass is 10.0. The Morgan fingerprint density at radius 3 is 2.62 bits per heavy atom. The molecule has 1 rings (SSSR count). The van der Waals surface area contributed by atoms with E-state index in [4.69, 9.17) is 15.1 Å². The zero-order valence-electron chi connectivity index (χ0n) is 12.0. The second-order valence-corrected chi connectivity index (χ2v) is 4.98. The Kier molecular flexibility index (Phi) is 6.21. The predicted molar refractivity (Wildman–Crippen MR) is 75.7 cm³/mol. The molecule has 2 N–H and O–H groups in total. The molecule has 0 saturated carbocycles. The minimum atomic E-state index is -1.07. The molecular formula is C15H18N2O4. The number of hydrogen-bond acceptors (Lipinski definition) is 4. The number of carboxylic acids is 1. The maximum Gasteiger partial charge on any atom is 0.326 e. The normalized spacial score (nSPS) is 11.5. The van der Waals surface area contributed by atoms with Crippen LogP contribution in [0.4, 0.5) is 0 Å². The van der Waals surface area contributed by atoms with Crippen LogP contribution in [0, 0.1) is 17.2 Å². The molecule has 6 heteroatoms. The Labute approximate surface area is 123 Å². The molecule has 1 atom stereocenters. The highest BCUT2D eigenvalue weighted by molar-refractivity contribution is 5.84. The predicted octanol–water partition coefficient (Wildman–Crippen LogP) is 1.55. The number of para-hydroxylation sites is 1. The summed E-state index contributed by atoms with van der Waals surface area (Å²) in [5, 5.41) is 20.3. The average Bonchev–Trinajstić information content (AvgIpc) is 2.44. The highest BCUT2D eigenvalue weighted by Gasteiger charge is 2.21. The van der Waals surface area contributed by atoms with Gasteiger partial charge in [0.25, 0.3) is 5.91 Å². The minimum absolute atomic E-state index is 0.145. The van der Waals surface area contributed by atoms with Gasteiger partial charge in [-0.1, -0.05) is 26.0 Å². The zero-order chi connectivity index (χ0) is 15.8. The van der Waals surface area contributed by atoms with Crippen LogP contribution in [0.1, 0.15) is 25.8 Å². The van der Waals surface area contributed by atoms with Gasteiger partial charge in [0, 0.05) is 0 Å². The van der Waals surface area contributed by atoms with Gasteiger partial charge in [0.15, 0.2) is 6.61 Å². The molecule has 0 aliphatic rings. The van der Waals surface area contributed by atoms with Crippen LogP contribution in [0.25, 0.3) is 0 Å². The van der Waals surface area contributed by atoms with Gasteiger partial charge >= 0.3 is 5.97 Å². The number of hydrogen-bond donors (Lipinski definition) is 2. The number of nitrogens with zero attached hydrogens (tertiary/aromatic N) is 1. The number of nitrogens with one attached hydrogen (secondary N) is 1. The van der Waals surface area contributed by atoms with Crippen molar-refractivity contribution in [3.8, 4) is 11.8 Å². The van der Waals surface area contributed by atoms with Crippen molar-refractivity contribution < 1.29 is 19.4 Å². The zero-order valence-corrected chi connectivity index (χ0v) is 12.0. The molecule has 0 radical (unpaired) electrons. The van der Waals surface area contributed by atoms with Gasteiger partial charge in [-0.15, -0.1) is 0 Å². The van der Waals surface area contributed by atoms with Crippen molar-refractivity contribution >= 4 is 11.9 Å². The number of carboxylic acid groups (broad SMARTS) is 1. The molecule has 0 aliphatic carbocycles. The van der Waals surface area contributed by atoms with Crippen molar-refractivity contribution in [2.24, 2.45) is 5.92 Å². The van der Waals surface area contributed by atoms with Gasteiger partial charge in [0.1, 0.15) is 17.9 Å². The van der Waals surface area contributed by atoms with Crippen LogP contribution in [0.3, 0.4) is 0 Å². The van der Waals surface area contributed by atoms with E-state index in [1.807, 2.05) is 19.9 Å². The monoisotopic (exact) mass is 290 g/mol. The minimum Gasteiger partial charge on any atom is -0.482 e. The summed E-state index contributed by atoms with van der Waals surface area (Å²) < 4.78 is 5.25. The number of aliphatic carboxylic acids is 1. The second-order valence-electron chi connectivity index (χ2n) is 4.98. The lowest BCUT2D eigenvalue weighted by Gasteiger charge is -2.16. The lowest BCUT2D eigenvalue weighted by Crippen LogP contribution is -2.43. The van der Waals surface area contributed by atoms with Crippen molar-refractivity contribution in [2.75, 3.05) is 6.61 Å². The number of benzene rings is 1. The largest absolute Gasteiger partial charge is 0.482 e. The number of amides is 1. The molecule has 0 aliphatic heterocycles. The number of ether oxygens (including phenoxy) is 1. The molecule has 0 aromatic heterocycles. The van der Waals surface area contributed by atoms with Gasteiger partial charge < -0.3 is 15.2 Å². The summed E-state index contributed by atoms with van der Waals surface area (Å²) in [5.74, 6) is -1.16. The molecule has 0 saturated heterocycles. The van der Waals surface area contributed by atoms with Gasteiger partial charge in [-0.3, -0.25) is 4.79 Å². The van der Waals surface area contributed by atoms with E-state index in [0.29, 0.717) is 17.7 Å². The first-order valence-electron chi connectivity index (χ1n) is 6.58. The quantitative estimate of drug-likeness (QED) is 0.793. The van der Waals surface area contributed by atoms with Crippen molar-refractivity contribution in [3.05, 3.63) is 29.8 Å². The summed E-state index contributed by atoms with van der Waals surface area (Å²) in [5.41, 5.74) is 0.322. The molecule has 0 spiro atoms. The van der Waals surface area contributed by atoms with E-state index in [1.165, 1.54) is 0 Å². The molecule has 1 aromatic carbocycles. The molecular weight excluding hydrogens is 272 g/mol. The Balaban J connectivity index is 2.57. The summed E-state index contributed by atoms with van der Waals surface area (Å²) in [7, 11) is 0. The maximum atomic E-state index is 11.7. The summed E-state index contributed by atoms with van der Waals surface area (Å²) >= 11 is 0. The van der Waals surface area contributed by atoms with Crippen LogP contribution in [0.15, 0.2) is 24.3 Å². The third-order valence-electron chi connectivity index (χ3n) is 2.71. The van der Waals surface area contributed by atoms with E-state index in [-0.39, 0.29) is 12.5 Å². The van der Waals surface area contributed by atoms with E-state index < -0.39 is 17.9 Å². The van der Waals surface area contributed by atoms with Gasteiger partial charge in [0.05, 0.1) is 5.56 Å². The van der Waals surface area contributed by atoms with Crippen molar-refractivity contribution in [1.82, 2.24) is 5.32 Å². The Bertz CT molecular complexity index is 549. The van der Waals surface area contributed by atoms with Crippen LogP contribution < -0.4 is 10.1 Å². The summed E-state index contributed by atoms with van der Waals surface area (Å²) in [6.07, 6.45) is 0.343. The summed E-state index contributed by atoms with van der Waals surface area (Å²) in [4.78, 5) is 22.8. The van der Waals surface area contributed by atoms with Gasteiger partial charge in [-0.25, -0.2) is 4.79 Å². The number of nitriles is 1. The van der Waals surface area contributed by atoms with Crippen LogP contribution in [0.2, 0.25) is 0 Å². The van der Waals surface area contributed by atoms with Gasteiger partial charge in [0.2, 0.25) is 0 Å². The van der Waals surface area contributed by atoms with Crippen LogP contribution in [0.5, 0.6) is 5.75 Å². The highest BCUT2D eigenvalue weighted by Crippen LogP contribution is 2.16. The van der Waals surface area contributed by atoms with Crippen LogP contribution in [-0.4, -0.2) is 29.6 Å². The first kappa shape index (κ1) is 16.5. The molecule has 6 nitrogen and oxygen atoms in total. The Morgan fingerprint density at radius 2 is 2.05 bits per heavy atom. The molecule has 21 heavy (non-hydrogen) atoms. The van der Waals surface area contributed by atoms with E-state index in [9.17, 15) is 9.59 Å². The fraction of sp³-hybridized carbons (Fsp3) is 0.400. The SMILES string of the molecule is CC(C)C[C@H](NC(=O)COc1ccccc1C#N)C(=O)O. The Morgan fingerprint density at radius 1 is 1.38 bits per heavy atom. The summed E-state index contributed by atoms with van der Waals surface area (Å²) in [6.45, 7) is 3.42. The number of carbonyl (C=O) groups excluding carboxylic acids is 1. The summed E-state index contributed by atoms with van der Waals surface area (Å²) in [6, 6.07) is 7.55. The van der Waals surface area contributed by atoms with Gasteiger partial charge in [-0.2, -0.15) is 5.26 Å². The number of rotatable bonds is 7. The fourth-order valence-electron chi connectivity index (χ4n) is 1.76. The molecule has 0 heterocycles. The van der Waals surface area contributed by atoms with E-state index in [1.54, 1.807) is 24.3 Å². The van der Waals surface area contributed by atoms with E-state index >= 15 is 0 Å². The third kappa shape index (κ3) is 5.53. The molecule has 0 unspecified atom stereocenters. The Hall–Kier alpha value is -2.55. The number of carbonyl (C=O) groups is 2. The topological polar surface area (TPSA) is 99.4 Å². The second kappa shape index (κ2) is 7.90. The maximum absolute atomic E-state index is 11.7. The molecule has 112 valence electrons. The van der Waals surface area contributed by atoms with Crippen LogP contribution in [-0.2, 0) is 9.59 Å². The standard InChI is InChI=1S/C15H18N2O4/c1-10(2)7-12(15(19)20)17-14(18)9-21-13-6-4-3-5-11(13)8-16/h3-6,10,12H,7,9H2,1-2H3,(H,17,18)(H,19,20)/t12-/m0/s1. The highest BCUT2D eigenvalue weighted by atomic mass is 16.5. The van der Waals surface area contributed by atoms with E-state index in [2.05, 4.69) is 5.32 Å². The van der Waals surface area contributed by atoms with E-state index in [0.717, 1.165) is 0 Å². The smallest absolute Gasteiger partial charge is 0.326 e. The van der Waals surface area contributed by atoms with Crippen molar-refractivity contribution in [3.63, 3.8) is 0 Å². The molecule has 1 amide bonds. The molecule has 0 bridgehead atoms. The lowest BCUT2D eigenvalue weighted by molar-refractivity contribution is -0.142. The van der Waals surface area contributed by atoms with Crippen molar-refractivity contribution in [1.29, 1.82) is 5.26 Å². The van der Waals surface area contributed by atoms with Crippen molar-refractivity contribution in [2.45, 2.75) is 26.3 Å². The first-order chi connectivity index (χ1) is 9.93. The van der Waals surface area contributed by atoms with Gasteiger partial charge in [-0.05, 0) is 24.5 Å². The average molecular weight is 290 g/mol. The fourth-order valence-corrected chi connectivity index (χ4v) is 1.76. The molecule has 0 fully saturated rings. The third-order valence-corrected chi connectivity index (χ3v) is 2.71. The van der Waals surface area contributed by atoms with Crippen LogP contribution >= 0.6 is 0 Å². The first-order valence-corrected chi connectivity index (χ1v) is 6.58.